The Hall–Kier alpha value is -1.35. The van der Waals surface area contributed by atoms with Gasteiger partial charge in [-0.25, -0.2) is 4.98 Å². The number of halogens is 1. The second-order valence-corrected chi connectivity index (χ2v) is 4.36. The van der Waals surface area contributed by atoms with Gasteiger partial charge in [0, 0.05) is 18.9 Å². The minimum atomic E-state index is 0.119. The summed E-state index contributed by atoms with van der Waals surface area (Å²) in [7, 11) is 0. The highest BCUT2D eigenvalue weighted by Gasteiger charge is 2.28. The van der Waals surface area contributed by atoms with Crippen LogP contribution >= 0.6 is 11.6 Å². The molecule has 0 N–H and O–H groups in total. The number of aryl methyl sites for hydroxylation is 1. The normalized spacial score (nSPS) is 20.2. The third-order valence-electron chi connectivity index (χ3n) is 2.80. The molecule has 1 aliphatic heterocycles. The number of aromatic nitrogens is 1. The third kappa shape index (κ3) is 1.95. The molecule has 0 saturated carbocycles. The predicted molar refractivity (Wildman–Crippen MR) is 64.6 cm³/mol. The van der Waals surface area contributed by atoms with Gasteiger partial charge in [-0.1, -0.05) is 17.7 Å². The summed E-state index contributed by atoms with van der Waals surface area (Å²) in [5, 5.41) is 0.482. The fraction of sp³-hybridized carbons (Fsp3) is 0.333. The van der Waals surface area contributed by atoms with E-state index in [-0.39, 0.29) is 11.8 Å². The molecule has 0 aromatic carbocycles. The molecule has 1 fully saturated rings. The van der Waals surface area contributed by atoms with E-state index >= 15 is 0 Å². The molecule has 1 atom stereocenters. The first-order valence-corrected chi connectivity index (χ1v) is 5.54. The van der Waals surface area contributed by atoms with E-state index < -0.39 is 0 Å². The molecule has 84 valence electrons. The number of hydrogen-bond acceptors (Lipinski definition) is 2. The molecular weight excluding hydrogens is 224 g/mol. The molecule has 1 aromatic heterocycles. The lowest BCUT2D eigenvalue weighted by atomic mass is 10.1. The summed E-state index contributed by atoms with van der Waals surface area (Å²) in [6.45, 7) is 6.29. The highest BCUT2D eigenvalue weighted by molar-refractivity contribution is 6.30. The lowest BCUT2D eigenvalue weighted by Crippen LogP contribution is -2.24. The van der Waals surface area contributed by atoms with Gasteiger partial charge in [-0.05, 0) is 18.6 Å². The smallest absolute Gasteiger partial charge is 0.227 e. The van der Waals surface area contributed by atoms with E-state index in [4.69, 9.17) is 11.6 Å². The molecule has 0 aliphatic carbocycles. The van der Waals surface area contributed by atoms with E-state index in [1.54, 1.807) is 11.1 Å². The highest BCUT2D eigenvalue weighted by atomic mass is 35.5. The van der Waals surface area contributed by atoms with Gasteiger partial charge < -0.3 is 4.90 Å². The number of pyridine rings is 1. The van der Waals surface area contributed by atoms with E-state index in [1.807, 2.05) is 19.1 Å². The van der Waals surface area contributed by atoms with Crippen LogP contribution in [0.3, 0.4) is 0 Å². The van der Waals surface area contributed by atoms with Crippen LogP contribution in [0.25, 0.3) is 0 Å². The molecule has 1 aliphatic rings. The second-order valence-electron chi connectivity index (χ2n) is 4.01. The summed E-state index contributed by atoms with van der Waals surface area (Å²) in [5.74, 6) is 0.358. The Balaban J connectivity index is 2.27. The Morgan fingerprint density at radius 1 is 1.69 bits per heavy atom. The highest BCUT2D eigenvalue weighted by Crippen LogP contribution is 2.27. The maximum atomic E-state index is 11.8. The molecule has 3 nitrogen and oxygen atoms in total. The standard InChI is InChI=1S/C12H13ClN2O/c1-3-9-5-11(16)15(7-9)10-4-8(2)12(13)14-6-10/h3-4,6,9H,1,5,7H2,2H3. The molecule has 0 spiro atoms. The summed E-state index contributed by atoms with van der Waals surface area (Å²) in [5.41, 5.74) is 1.70. The van der Waals surface area contributed by atoms with Crippen molar-refractivity contribution in [1.29, 1.82) is 0 Å². The summed E-state index contributed by atoms with van der Waals surface area (Å²) < 4.78 is 0. The van der Waals surface area contributed by atoms with Crippen molar-refractivity contribution >= 4 is 23.2 Å². The molecule has 1 unspecified atom stereocenters. The number of amides is 1. The van der Waals surface area contributed by atoms with E-state index in [2.05, 4.69) is 11.6 Å². The van der Waals surface area contributed by atoms with Gasteiger partial charge >= 0.3 is 0 Å². The Morgan fingerprint density at radius 3 is 3.00 bits per heavy atom. The molecular formula is C12H13ClN2O. The van der Waals surface area contributed by atoms with Gasteiger partial charge in [0.25, 0.3) is 0 Å². The minimum absolute atomic E-state index is 0.119. The van der Waals surface area contributed by atoms with Gasteiger partial charge in [-0.2, -0.15) is 0 Å². The Labute approximate surface area is 99.7 Å². The molecule has 0 bridgehead atoms. The van der Waals surface area contributed by atoms with E-state index in [0.717, 1.165) is 11.3 Å². The summed E-state index contributed by atoms with van der Waals surface area (Å²) >= 11 is 5.85. The van der Waals surface area contributed by atoms with Crippen LogP contribution in [0.15, 0.2) is 24.9 Å². The lowest BCUT2D eigenvalue weighted by molar-refractivity contribution is -0.117. The molecule has 4 heteroatoms. The molecule has 2 rings (SSSR count). The van der Waals surface area contributed by atoms with E-state index in [0.29, 0.717) is 18.1 Å². The third-order valence-corrected chi connectivity index (χ3v) is 3.20. The Bertz CT molecular complexity index is 445. The van der Waals surface area contributed by atoms with Crippen molar-refractivity contribution in [3.8, 4) is 0 Å². The quantitative estimate of drug-likeness (QED) is 0.584. The number of rotatable bonds is 2. The van der Waals surface area contributed by atoms with Gasteiger partial charge in [-0.3, -0.25) is 4.79 Å². The van der Waals surface area contributed by atoms with Crippen LogP contribution in [0, 0.1) is 12.8 Å². The van der Waals surface area contributed by atoms with Gasteiger partial charge in [0.15, 0.2) is 0 Å². The van der Waals surface area contributed by atoms with Crippen LogP contribution in [0.5, 0.6) is 0 Å². The van der Waals surface area contributed by atoms with Crippen molar-refractivity contribution < 1.29 is 4.79 Å². The molecule has 0 radical (unpaired) electrons. The van der Waals surface area contributed by atoms with Gasteiger partial charge in [0.05, 0.1) is 11.9 Å². The summed E-state index contributed by atoms with van der Waals surface area (Å²) in [6, 6.07) is 1.89. The SMILES string of the molecule is C=CC1CC(=O)N(c2cnc(Cl)c(C)c2)C1. The molecule has 1 aromatic rings. The zero-order valence-electron chi connectivity index (χ0n) is 9.11. The van der Waals surface area contributed by atoms with Crippen LogP contribution in [-0.2, 0) is 4.79 Å². The second kappa shape index (κ2) is 4.26. The maximum Gasteiger partial charge on any atom is 0.227 e. The average molecular weight is 237 g/mol. The number of nitrogens with zero attached hydrogens (tertiary/aromatic N) is 2. The molecule has 1 saturated heterocycles. The van der Waals surface area contributed by atoms with Crippen molar-refractivity contribution in [3.63, 3.8) is 0 Å². The van der Waals surface area contributed by atoms with Crippen molar-refractivity contribution in [2.75, 3.05) is 11.4 Å². The first kappa shape index (κ1) is 11.1. The molecule has 1 amide bonds. The van der Waals surface area contributed by atoms with Crippen molar-refractivity contribution in [2.24, 2.45) is 5.92 Å². The first-order chi connectivity index (χ1) is 7.61. The van der Waals surface area contributed by atoms with Gasteiger partial charge in [-0.15, -0.1) is 6.58 Å². The average Bonchev–Trinajstić information content (AvgIpc) is 2.64. The maximum absolute atomic E-state index is 11.8. The van der Waals surface area contributed by atoms with Crippen molar-refractivity contribution in [3.05, 3.63) is 35.6 Å². The van der Waals surface area contributed by atoms with Crippen LogP contribution in [0.1, 0.15) is 12.0 Å². The Morgan fingerprint density at radius 2 is 2.44 bits per heavy atom. The lowest BCUT2D eigenvalue weighted by Gasteiger charge is -2.16. The number of carbonyl (C=O) groups excluding carboxylic acids is 1. The fourth-order valence-electron chi connectivity index (χ4n) is 1.83. The van der Waals surface area contributed by atoms with Gasteiger partial charge in [0.2, 0.25) is 5.91 Å². The van der Waals surface area contributed by atoms with Crippen LogP contribution in [0.4, 0.5) is 5.69 Å². The van der Waals surface area contributed by atoms with Crippen LogP contribution < -0.4 is 4.90 Å². The number of hydrogen-bond donors (Lipinski definition) is 0. The van der Waals surface area contributed by atoms with Crippen LogP contribution in [-0.4, -0.2) is 17.4 Å². The molecule has 16 heavy (non-hydrogen) atoms. The number of carbonyl (C=O) groups is 1. The van der Waals surface area contributed by atoms with Crippen molar-refractivity contribution in [1.82, 2.24) is 4.98 Å². The molecule has 2 heterocycles. The summed E-state index contributed by atoms with van der Waals surface area (Å²) in [4.78, 5) is 17.6. The largest absolute Gasteiger partial charge is 0.310 e. The van der Waals surface area contributed by atoms with E-state index in [9.17, 15) is 4.79 Å². The van der Waals surface area contributed by atoms with E-state index in [1.165, 1.54) is 0 Å². The fourth-order valence-corrected chi connectivity index (χ4v) is 1.94. The van der Waals surface area contributed by atoms with Crippen molar-refractivity contribution in [2.45, 2.75) is 13.3 Å². The zero-order valence-corrected chi connectivity index (χ0v) is 9.87. The topological polar surface area (TPSA) is 33.2 Å². The van der Waals surface area contributed by atoms with Gasteiger partial charge in [0.1, 0.15) is 5.15 Å². The minimum Gasteiger partial charge on any atom is -0.310 e. The number of anilines is 1. The zero-order chi connectivity index (χ0) is 11.7. The first-order valence-electron chi connectivity index (χ1n) is 5.17. The van der Waals surface area contributed by atoms with Crippen LogP contribution in [0.2, 0.25) is 5.15 Å². The summed E-state index contributed by atoms with van der Waals surface area (Å²) in [6.07, 6.45) is 4.00. The predicted octanol–water partition coefficient (Wildman–Crippen LogP) is 2.58. The Kier molecular flexibility index (Phi) is 2.97. The monoisotopic (exact) mass is 236 g/mol.